The number of hydrogen-bond acceptors (Lipinski definition) is 4. The normalized spacial score (nSPS) is 11.7. The zero-order valence-corrected chi connectivity index (χ0v) is 17.3. The highest BCUT2D eigenvalue weighted by molar-refractivity contribution is 5.97. The van der Waals surface area contributed by atoms with Crippen LogP contribution in [0.4, 0.5) is 15.9 Å². The number of carbonyl (C=O) groups excluding carboxylic acids is 1. The first-order valence-electron chi connectivity index (χ1n) is 10.1. The van der Waals surface area contributed by atoms with Crippen molar-refractivity contribution in [3.63, 3.8) is 0 Å². The average molecular weight is 407 g/mol. The molecular weight excluding hydrogens is 379 g/mol. The average Bonchev–Trinajstić information content (AvgIpc) is 2.79. The fourth-order valence-corrected chi connectivity index (χ4v) is 3.32. The first-order valence-corrected chi connectivity index (χ1v) is 10.1. The molecule has 0 bridgehead atoms. The third-order valence-electron chi connectivity index (χ3n) is 5.07. The third kappa shape index (κ3) is 5.02. The van der Waals surface area contributed by atoms with Gasteiger partial charge in [0.2, 0.25) is 5.91 Å². The van der Waals surface area contributed by atoms with E-state index in [1.54, 1.807) is 23.2 Å². The molecule has 3 aromatic rings. The fraction of sp³-hybridized carbons (Fsp3) is 0.250. The van der Waals surface area contributed by atoms with Crippen molar-refractivity contribution >= 4 is 17.4 Å². The summed E-state index contributed by atoms with van der Waals surface area (Å²) in [4.78, 5) is 21.5. The van der Waals surface area contributed by atoms with Crippen molar-refractivity contribution in [3.05, 3.63) is 89.9 Å². The number of anilines is 2. The summed E-state index contributed by atoms with van der Waals surface area (Å²) in [6.45, 7) is 6.19. The molecule has 0 aliphatic rings. The Balaban J connectivity index is 1.88. The number of aromatic nitrogens is 1. The van der Waals surface area contributed by atoms with Gasteiger partial charge in [-0.2, -0.15) is 0 Å². The summed E-state index contributed by atoms with van der Waals surface area (Å²) in [6, 6.07) is 18.2. The smallest absolute Gasteiger partial charge is 0.248 e. The van der Waals surface area contributed by atoms with E-state index in [4.69, 9.17) is 5.73 Å². The van der Waals surface area contributed by atoms with Gasteiger partial charge in [-0.25, -0.2) is 9.37 Å². The number of carbonyl (C=O) groups is 1. The topological polar surface area (TPSA) is 62.5 Å². The molecule has 3 rings (SSSR count). The second-order valence-electron chi connectivity index (χ2n) is 6.99. The standard InChI is InChI=1S/C24H27FN4O/c1-3-28(4-2)22-15-10-18(16-27-22)17-29(21-13-11-20(25)12-14-21)24(30)23(26)19-8-6-5-7-9-19/h5-16,23H,3-4,17,26H2,1-2H3/t23-/m1/s1. The third-order valence-corrected chi connectivity index (χ3v) is 5.07. The van der Waals surface area contributed by atoms with E-state index in [2.05, 4.69) is 23.7 Å². The van der Waals surface area contributed by atoms with Crippen LogP contribution >= 0.6 is 0 Å². The Morgan fingerprint density at radius 1 is 1.00 bits per heavy atom. The van der Waals surface area contributed by atoms with Crippen LogP contribution in [-0.4, -0.2) is 24.0 Å². The Morgan fingerprint density at radius 3 is 2.23 bits per heavy atom. The molecule has 1 aromatic heterocycles. The fourth-order valence-electron chi connectivity index (χ4n) is 3.32. The summed E-state index contributed by atoms with van der Waals surface area (Å²) >= 11 is 0. The van der Waals surface area contributed by atoms with Crippen molar-refractivity contribution in [2.75, 3.05) is 22.9 Å². The van der Waals surface area contributed by atoms with Crippen molar-refractivity contribution in [1.82, 2.24) is 4.98 Å². The highest BCUT2D eigenvalue weighted by atomic mass is 19.1. The SMILES string of the molecule is CCN(CC)c1ccc(CN(C(=O)[C@H](N)c2ccccc2)c2ccc(F)cc2)cn1. The van der Waals surface area contributed by atoms with Gasteiger partial charge >= 0.3 is 0 Å². The largest absolute Gasteiger partial charge is 0.357 e. The van der Waals surface area contributed by atoms with Crippen molar-refractivity contribution in [2.45, 2.75) is 26.4 Å². The Bertz CT molecular complexity index is 941. The van der Waals surface area contributed by atoms with E-state index in [-0.39, 0.29) is 18.3 Å². The van der Waals surface area contributed by atoms with Crippen molar-refractivity contribution in [1.29, 1.82) is 0 Å². The lowest BCUT2D eigenvalue weighted by Crippen LogP contribution is -2.38. The summed E-state index contributed by atoms with van der Waals surface area (Å²) in [6.07, 6.45) is 1.77. The van der Waals surface area contributed by atoms with Crippen LogP contribution in [0.5, 0.6) is 0 Å². The van der Waals surface area contributed by atoms with Crippen LogP contribution in [0.2, 0.25) is 0 Å². The monoisotopic (exact) mass is 406 g/mol. The highest BCUT2D eigenvalue weighted by Gasteiger charge is 2.24. The number of rotatable bonds is 8. The van der Waals surface area contributed by atoms with E-state index in [9.17, 15) is 9.18 Å². The number of nitrogens with two attached hydrogens (primary N) is 1. The van der Waals surface area contributed by atoms with E-state index in [0.29, 0.717) is 5.69 Å². The summed E-state index contributed by atoms with van der Waals surface area (Å²) in [5, 5.41) is 0. The molecule has 5 nitrogen and oxygen atoms in total. The number of amides is 1. The maximum Gasteiger partial charge on any atom is 0.248 e. The Kier molecular flexibility index (Phi) is 7.14. The van der Waals surface area contributed by atoms with Gasteiger partial charge in [-0.15, -0.1) is 0 Å². The molecule has 1 atom stereocenters. The first kappa shape index (κ1) is 21.5. The molecule has 1 amide bonds. The predicted molar refractivity (Wildman–Crippen MR) is 119 cm³/mol. The lowest BCUT2D eigenvalue weighted by atomic mass is 10.1. The number of nitrogens with zero attached hydrogens (tertiary/aromatic N) is 3. The molecule has 30 heavy (non-hydrogen) atoms. The predicted octanol–water partition coefficient (Wildman–Crippen LogP) is 4.30. The zero-order chi connectivity index (χ0) is 21.5. The summed E-state index contributed by atoms with van der Waals surface area (Å²) in [5.41, 5.74) is 8.45. The minimum Gasteiger partial charge on any atom is -0.357 e. The lowest BCUT2D eigenvalue weighted by molar-refractivity contribution is -0.120. The molecule has 0 radical (unpaired) electrons. The molecule has 2 aromatic carbocycles. The Morgan fingerprint density at radius 2 is 1.67 bits per heavy atom. The minimum absolute atomic E-state index is 0.263. The van der Waals surface area contributed by atoms with Crippen LogP contribution < -0.4 is 15.5 Å². The molecule has 0 saturated carbocycles. The number of benzene rings is 2. The van der Waals surface area contributed by atoms with Crippen LogP contribution in [0, 0.1) is 5.82 Å². The van der Waals surface area contributed by atoms with Crippen LogP contribution in [0.1, 0.15) is 31.0 Å². The molecule has 0 saturated heterocycles. The number of pyridine rings is 1. The molecule has 1 heterocycles. The van der Waals surface area contributed by atoms with Gasteiger partial charge in [0, 0.05) is 25.0 Å². The van der Waals surface area contributed by atoms with E-state index in [1.807, 2.05) is 42.5 Å². The molecule has 0 spiro atoms. The summed E-state index contributed by atoms with van der Waals surface area (Å²) in [5.74, 6) is 0.272. The maximum atomic E-state index is 13.4. The van der Waals surface area contributed by atoms with Crippen molar-refractivity contribution in [3.8, 4) is 0 Å². The first-order chi connectivity index (χ1) is 14.5. The second-order valence-corrected chi connectivity index (χ2v) is 6.99. The van der Waals surface area contributed by atoms with Gasteiger partial charge in [-0.05, 0) is 55.3 Å². The van der Waals surface area contributed by atoms with Gasteiger partial charge in [-0.3, -0.25) is 4.79 Å². The quantitative estimate of drug-likeness (QED) is 0.606. The van der Waals surface area contributed by atoms with E-state index in [0.717, 1.165) is 30.0 Å². The summed E-state index contributed by atoms with van der Waals surface area (Å²) in [7, 11) is 0. The van der Waals surface area contributed by atoms with Gasteiger partial charge < -0.3 is 15.5 Å². The molecule has 2 N–H and O–H groups in total. The Labute approximate surface area is 177 Å². The molecule has 0 fully saturated rings. The van der Waals surface area contributed by atoms with Crippen molar-refractivity contribution in [2.24, 2.45) is 5.73 Å². The second kappa shape index (κ2) is 9.98. The summed E-state index contributed by atoms with van der Waals surface area (Å²) < 4.78 is 13.4. The number of hydrogen-bond donors (Lipinski definition) is 1. The van der Waals surface area contributed by atoms with Crippen molar-refractivity contribution < 1.29 is 9.18 Å². The molecule has 0 aliphatic carbocycles. The molecule has 0 unspecified atom stereocenters. The van der Waals surface area contributed by atoms with E-state index >= 15 is 0 Å². The minimum atomic E-state index is -0.820. The van der Waals surface area contributed by atoms with Crippen LogP contribution in [-0.2, 0) is 11.3 Å². The van der Waals surface area contributed by atoms with Crippen LogP contribution in [0.25, 0.3) is 0 Å². The van der Waals surface area contributed by atoms with Crippen LogP contribution in [0.15, 0.2) is 72.9 Å². The van der Waals surface area contributed by atoms with Crippen LogP contribution in [0.3, 0.4) is 0 Å². The van der Waals surface area contributed by atoms with E-state index in [1.165, 1.54) is 12.1 Å². The van der Waals surface area contributed by atoms with Gasteiger partial charge in [0.1, 0.15) is 17.7 Å². The van der Waals surface area contributed by atoms with E-state index < -0.39 is 6.04 Å². The Hall–Kier alpha value is -3.25. The molecular formula is C24H27FN4O. The van der Waals surface area contributed by atoms with Gasteiger partial charge in [-0.1, -0.05) is 36.4 Å². The highest BCUT2D eigenvalue weighted by Crippen LogP contribution is 2.23. The molecule has 0 aliphatic heterocycles. The lowest BCUT2D eigenvalue weighted by Gasteiger charge is -2.26. The maximum absolute atomic E-state index is 13.4. The van der Waals surface area contributed by atoms with Gasteiger partial charge in [0.05, 0.1) is 6.54 Å². The molecule has 156 valence electrons. The van der Waals surface area contributed by atoms with Gasteiger partial charge in [0.15, 0.2) is 0 Å². The van der Waals surface area contributed by atoms with Gasteiger partial charge in [0.25, 0.3) is 0 Å². The zero-order valence-electron chi connectivity index (χ0n) is 17.3. The molecule has 6 heteroatoms. The number of halogens is 1.